The van der Waals surface area contributed by atoms with Crippen molar-refractivity contribution < 1.29 is 9.90 Å². The third-order valence-electron chi connectivity index (χ3n) is 10.8. The van der Waals surface area contributed by atoms with Crippen LogP contribution in [0.4, 0.5) is 0 Å². The molecule has 4 fully saturated rings. The third kappa shape index (κ3) is 3.44. The van der Waals surface area contributed by atoms with Crippen LogP contribution in [0, 0.1) is 46.3 Å². The molecule has 29 heavy (non-hydrogen) atoms. The van der Waals surface area contributed by atoms with Crippen LogP contribution >= 0.6 is 0 Å². The number of hydrogen-bond donors (Lipinski definition) is 1. The first-order valence-electron chi connectivity index (χ1n) is 12.8. The molecule has 8 atom stereocenters. The van der Waals surface area contributed by atoms with E-state index in [0.717, 1.165) is 48.9 Å². The van der Waals surface area contributed by atoms with Gasteiger partial charge in [-0.1, -0.05) is 53.9 Å². The van der Waals surface area contributed by atoms with Crippen molar-refractivity contribution in [3.8, 4) is 0 Å². The van der Waals surface area contributed by atoms with E-state index in [1.165, 1.54) is 44.9 Å². The third-order valence-corrected chi connectivity index (χ3v) is 10.8. The van der Waals surface area contributed by atoms with E-state index in [1.54, 1.807) is 0 Å². The summed E-state index contributed by atoms with van der Waals surface area (Å²) >= 11 is 0. The van der Waals surface area contributed by atoms with Crippen LogP contribution in [-0.2, 0) is 4.79 Å². The largest absolute Gasteiger partial charge is 0.389 e. The molecule has 0 aromatic rings. The fourth-order valence-electron chi connectivity index (χ4n) is 9.06. The molecule has 0 bridgehead atoms. The van der Waals surface area contributed by atoms with Crippen molar-refractivity contribution in [1.29, 1.82) is 0 Å². The Bertz CT molecular complexity index is 626. The monoisotopic (exact) mass is 402 g/mol. The first-order valence-corrected chi connectivity index (χ1v) is 12.8. The fraction of sp³-hybridized carbons (Fsp3) is 0.963. The van der Waals surface area contributed by atoms with Crippen molar-refractivity contribution in [3.05, 3.63) is 0 Å². The van der Waals surface area contributed by atoms with Crippen LogP contribution in [-0.4, -0.2) is 16.5 Å². The van der Waals surface area contributed by atoms with Gasteiger partial charge in [0.05, 0.1) is 5.60 Å². The van der Waals surface area contributed by atoms with Gasteiger partial charge in [0.1, 0.15) is 5.78 Å². The second kappa shape index (κ2) is 7.64. The molecule has 4 rings (SSSR count). The van der Waals surface area contributed by atoms with Gasteiger partial charge in [0.25, 0.3) is 0 Å². The van der Waals surface area contributed by atoms with Gasteiger partial charge in [-0.2, -0.15) is 0 Å². The second-order valence-corrected chi connectivity index (χ2v) is 12.6. The Balaban J connectivity index is 1.50. The van der Waals surface area contributed by atoms with E-state index in [4.69, 9.17) is 0 Å². The smallest absolute Gasteiger partial charge is 0.135 e. The molecule has 8 unspecified atom stereocenters. The number of ketones is 1. The number of fused-ring (bicyclic) bond motifs is 5. The number of rotatable bonds is 5. The van der Waals surface area contributed by atoms with Gasteiger partial charge in [-0.25, -0.2) is 0 Å². The quantitative estimate of drug-likeness (QED) is 0.549. The molecule has 4 aliphatic carbocycles. The van der Waals surface area contributed by atoms with Crippen LogP contribution in [0.2, 0.25) is 0 Å². The summed E-state index contributed by atoms with van der Waals surface area (Å²) in [6, 6.07) is 0. The molecule has 0 aromatic carbocycles. The lowest BCUT2D eigenvalue weighted by molar-refractivity contribution is -0.204. The van der Waals surface area contributed by atoms with Gasteiger partial charge >= 0.3 is 0 Å². The van der Waals surface area contributed by atoms with Gasteiger partial charge < -0.3 is 5.11 Å². The fourth-order valence-corrected chi connectivity index (χ4v) is 9.06. The topological polar surface area (TPSA) is 37.3 Å². The number of carbonyl (C=O) groups is 1. The van der Waals surface area contributed by atoms with Crippen LogP contribution in [0.5, 0.6) is 0 Å². The summed E-state index contributed by atoms with van der Waals surface area (Å²) in [5, 5.41) is 11.5. The van der Waals surface area contributed by atoms with Gasteiger partial charge in [0.2, 0.25) is 0 Å². The molecule has 0 spiro atoms. The zero-order valence-corrected chi connectivity index (χ0v) is 19.8. The zero-order valence-electron chi connectivity index (χ0n) is 19.8. The van der Waals surface area contributed by atoms with E-state index < -0.39 is 5.60 Å². The summed E-state index contributed by atoms with van der Waals surface area (Å²) in [7, 11) is 0. The van der Waals surface area contributed by atoms with Gasteiger partial charge in [-0.3, -0.25) is 4.79 Å². The maximum atomic E-state index is 12.1. The Morgan fingerprint density at radius 2 is 1.72 bits per heavy atom. The number of carbonyl (C=O) groups excluding carboxylic acids is 1. The molecule has 1 N–H and O–H groups in total. The number of Topliss-reactive ketones (excluding diaryl/α,β-unsaturated/α-hetero) is 1. The highest BCUT2D eigenvalue weighted by Crippen LogP contribution is 2.69. The molecule has 0 radical (unpaired) electrons. The highest BCUT2D eigenvalue weighted by atomic mass is 16.3. The standard InChI is InChI=1S/C27H46O2/c1-18(2)7-6-8-19(3)22-9-10-23-21-12-16-27(29)17-20(28)11-15-26(27,5)24(21)13-14-25(22,23)4/h18-19,21-24,29H,6-17H2,1-5H3. The van der Waals surface area contributed by atoms with E-state index >= 15 is 0 Å². The minimum absolute atomic E-state index is 0.0356. The van der Waals surface area contributed by atoms with Crippen molar-refractivity contribution >= 4 is 5.78 Å². The summed E-state index contributed by atoms with van der Waals surface area (Å²) in [6.45, 7) is 12.2. The summed E-state index contributed by atoms with van der Waals surface area (Å²) < 4.78 is 0. The predicted octanol–water partition coefficient (Wildman–Crippen LogP) is 6.79. The van der Waals surface area contributed by atoms with Crippen molar-refractivity contribution in [1.82, 2.24) is 0 Å². The average molecular weight is 403 g/mol. The maximum absolute atomic E-state index is 12.1. The van der Waals surface area contributed by atoms with Crippen LogP contribution < -0.4 is 0 Å². The van der Waals surface area contributed by atoms with E-state index in [9.17, 15) is 9.90 Å². The minimum Gasteiger partial charge on any atom is -0.389 e. The molecular weight excluding hydrogens is 356 g/mol. The van der Waals surface area contributed by atoms with Gasteiger partial charge in [-0.05, 0) is 85.9 Å². The van der Waals surface area contributed by atoms with Gasteiger partial charge in [0, 0.05) is 18.3 Å². The average Bonchev–Trinajstić information content (AvgIpc) is 2.99. The maximum Gasteiger partial charge on any atom is 0.135 e. The first kappa shape index (κ1) is 21.8. The van der Waals surface area contributed by atoms with Crippen molar-refractivity contribution in [2.24, 2.45) is 46.3 Å². The molecule has 166 valence electrons. The van der Waals surface area contributed by atoms with E-state index in [-0.39, 0.29) is 5.41 Å². The Hall–Kier alpha value is -0.370. The zero-order chi connectivity index (χ0) is 21.0. The van der Waals surface area contributed by atoms with Crippen LogP contribution in [0.15, 0.2) is 0 Å². The highest BCUT2D eigenvalue weighted by Gasteiger charge is 2.64. The predicted molar refractivity (Wildman–Crippen MR) is 120 cm³/mol. The molecule has 2 heteroatoms. The molecule has 4 saturated carbocycles. The second-order valence-electron chi connectivity index (χ2n) is 12.6. The Kier molecular flexibility index (Phi) is 5.76. The summed E-state index contributed by atoms with van der Waals surface area (Å²) in [6.07, 6.45) is 13.7. The summed E-state index contributed by atoms with van der Waals surface area (Å²) in [5.74, 6) is 5.11. The Morgan fingerprint density at radius 1 is 0.966 bits per heavy atom. The van der Waals surface area contributed by atoms with E-state index in [2.05, 4.69) is 34.6 Å². The summed E-state index contributed by atoms with van der Waals surface area (Å²) in [5.41, 5.74) is -0.250. The van der Waals surface area contributed by atoms with Crippen molar-refractivity contribution in [3.63, 3.8) is 0 Å². The van der Waals surface area contributed by atoms with E-state index in [1.807, 2.05) is 0 Å². The molecule has 4 aliphatic rings. The van der Waals surface area contributed by atoms with Crippen molar-refractivity contribution in [2.75, 3.05) is 0 Å². The molecule has 0 aliphatic heterocycles. The number of aliphatic hydroxyl groups is 1. The van der Waals surface area contributed by atoms with Gasteiger partial charge in [-0.15, -0.1) is 0 Å². The molecule has 0 amide bonds. The molecular formula is C27H46O2. The molecule has 2 nitrogen and oxygen atoms in total. The van der Waals surface area contributed by atoms with Crippen LogP contribution in [0.1, 0.15) is 112 Å². The lowest BCUT2D eigenvalue weighted by atomic mass is 9.43. The first-order chi connectivity index (χ1) is 13.6. The molecule has 0 heterocycles. The normalized spacial score (nSPS) is 48.2. The minimum atomic E-state index is -0.723. The SMILES string of the molecule is CC(C)CCCC(C)C1CCC2C3CCC4(O)CC(=O)CCC4(C)C3CCC12C. The summed E-state index contributed by atoms with van der Waals surface area (Å²) in [4.78, 5) is 12.1. The Morgan fingerprint density at radius 3 is 2.45 bits per heavy atom. The van der Waals surface area contributed by atoms with Gasteiger partial charge in [0.15, 0.2) is 0 Å². The molecule has 0 saturated heterocycles. The van der Waals surface area contributed by atoms with Crippen LogP contribution in [0.25, 0.3) is 0 Å². The molecule has 0 aromatic heterocycles. The van der Waals surface area contributed by atoms with Crippen LogP contribution in [0.3, 0.4) is 0 Å². The Labute approximate surface area is 179 Å². The number of hydrogen-bond acceptors (Lipinski definition) is 2. The lowest BCUT2D eigenvalue weighted by Crippen LogP contribution is -2.62. The highest BCUT2D eigenvalue weighted by molar-refractivity contribution is 5.80. The van der Waals surface area contributed by atoms with E-state index in [0.29, 0.717) is 30.0 Å². The lowest BCUT2D eigenvalue weighted by Gasteiger charge is -2.63. The van der Waals surface area contributed by atoms with Crippen molar-refractivity contribution in [2.45, 2.75) is 117 Å².